The molecule has 2 atom stereocenters. The molecule has 0 fully saturated rings. The van der Waals surface area contributed by atoms with Crippen molar-refractivity contribution < 1.29 is 30.6 Å². The van der Waals surface area contributed by atoms with Crippen molar-refractivity contribution in [2.45, 2.75) is 33.1 Å². The predicted molar refractivity (Wildman–Crippen MR) is 134 cm³/mol. The lowest BCUT2D eigenvalue weighted by molar-refractivity contribution is -0.135. The summed E-state index contributed by atoms with van der Waals surface area (Å²) in [6.45, 7) is 6.50. The summed E-state index contributed by atoms with van der Waals surface area (Å²) >= 11 is 0. The van der Waals surface area contributed by atoms with E-state index in [1.54, 1.807) is 30.3 Å². The van der Waals surface area contributed by atoms with Crippen LogP contribution in [0.5, 0.6) is 0 Å². The third-order valence-electron chi connectivity index (χ3n) is 3.90. The summed E-state index contributed by atoms with van der Waals surface area (Å²) < 4.78 is 89.8. The SMILES string of the molecule is CC(C)C.CS(N)=O.Fc1ccc(P(c2ccccc2)c2cc(F)cc(C(F)(F)C(F)F)c2)cc1. The summed E-state index contributed by atoms with van der Waals surface area (Å²) in [5.74, 6) is -5.16. The fourth-order valence-electron chi connectivity index (χ4n) is 2.64. The highest BCUT2D eigenvalue weighted by atomic mass is 32.2. The molecule has 0 aliphatic rings. The average Bonchev–Trinajstić information content (AvgIpc) is 2.75. The van der Waals surface area contributed by atoms with E-state index in [2.05, 4.69) is 25.9 Å². The predicted octanol–water partition coefficient (Wildman–Crippen LogP) is 5.98. The highest BCUT2D eigenvalue weighted by Crippen LogP contribution is 2.38. The van der Waals surface area contributed by atoms with Crippen LogP contribution in [0.1, 0.15) is 26.3 Å². The van der Waals surface area contributed by atoms with Crippen LogP contribution in [-0.2, 0) is 16.9 Å². The second-order valence-electron chi connectivity index (χ2n) is 8.00. The first kappa shape index (κ1) is 30.8. The Labute approximate surface area is 205 Å². The molecule has 3 aromatic carbocycles. The van der Waals surface area contributed by atoms with Crippen LogP contribution in [0.25, 0.3) is 0 Å². The Balaban J connectivity index is 0.000000668. The quantitative estimate of drug-likeness (QED) is 0.317. The van der Waals surface area contributed by atoms with Gasteiger partial charge in [-0.3, -0.25) is 5.14 Å². The van der Waals surface area contributed by atoms with Crippen LogP contribution in [0.3, 0.4) is 0 Å². The van der Waals surface area contributed by atoms with Crippen LogP contribution < -0.4 is 21.1 Å². The topological polar surface area (TPSA) is 43.1 Å². The second-order valence-corrected chi connectivity index (χ2v) is 11.2. The number of hydrogen-bond donors (Lipinski definition) is 1. The number of nitrogens with two attached hydrogens (primary N) is 1. The van der Waals surface area contributed by atoms with Crippen LogP contribution in [-0.4, -0.2) is 16.9 Å². The van der Waals surface area contributed by atoms with E-state index in [4.69, 9.17) is 0 Å². The molecule has 3 rings (SSSR count). The fraction of sp³-hybridized carbons (Fsp3) is 0.280. The molecule has 2 nitrogen and oxygen atoms in total. The molecule has 10 heteroatoms. The largest absolute Gasteiger partial charge is 0.332 e. The van der Waals surface area contributed by atoms with Crippen molar-refractivity contribution in [3.05, 3.63) is 90.0 Å². The molecule has 0 heterocycles. The van der Waals surface area contributed by atoms with Crippen molar-refractivity contribution in [1.82, 2.24) is 0 Å². The molecule has 2 unspecified atom stereocenters. The van der Waals surface area contributed by atoms with Crippen LogP contribution in [0.4, 0.5) is 26.3 Å². The van der Waals surface area contributed by atoms with E-state index >= 15 is 0 Å². The lowest BCUT2D eigenvalue weighted by Crippen LogP contribution is -2.27. The van der Waals surface area contributed by atoms with E-state index in [0.717, 1.165) is 18.1 Å². The number of hydrogen-bond acceptors (Lipinski definition) is 1. The Morgan fingerprint density at radius 2 is 1.26 bits per heavy atom. The summed E-state index contributed by atoms with van der Waals surface area (Å²) in [5, 5.41) is 5.99. The standard InChI is InChI=1S/C20H13F6P.C4H10.CH5NOS/c21-14-6-8-17(9-7-14)27(16-4-2-1-3-5-16)18-11-13(10-15(22)12-18)20(25,26)19(23)24;2*1-4(2)3/h1-12,19H;4H,1-3H3;2H2,1H3. The fourth-order valence-corrected chi connectivity index (χ4v) is 4.97. The summed E-state index contributed by atoms with van der Waals surface area (Å²) in [6, 6.07) is 16.4. The first-order chi connectivity index (χ1) is 16.2. The zero-order valence-corrected chi connectivity index (χ0v) is 21.4. The monoisotopic (exact) mass is 535 g/mol. The molecular formula is C25H28F6NOPS. The van der Waals surface area contributed by atoms with Crippen molar-refractivity contribution in [2.75, 3.05) is 6.26 Å². The Bertz CT molecular complexity index is 1060. The van der Waals surface area contributed by atoms with Gasteiger partial charge in [0.1, 0.15) is 11.6 Å². The van der Waals surface area contributed by atoms with Gasteiger partial charge in [0.15, 0.2) is 0 Å². The summed E-state index contributed by atoms with van der Waals surface area (Å²) in [5.41, 5.74) is -1.09. The van der Waals surface area contributed by atoms with Crippen LogP contribution in [0, 0.1) is 17.6 Å². The Morgan fingerprint density at radius 3 is 1.71 bits per heavy atom. The molecule has 2 N–H and O–H groups in total. The van der Waals surface area contributed by atoms with Crippen molar-refractivity contribution in [3.8, 4) is 0 Å². The minimum Gasteiger partial charge on any atom is -0.252 e. The maximum atomic E-state index is 14.0. The van der Waals surface area contributed by atoms with Gasteiger partial charge in [-0.2, -0.15) is 8.78 Å². The molecule has 0 radical (unpaired) electrons. The minimum atomic E-state index is -4.47. The third kappa shape index (κ3) is 10.5. The molecule has 3 aromatic rings. The number of rotatable bonds is 5. The Morgan fingerprint density at radius 1 is 0.800 bits per heavy atom. The average molecular weight is 536 g/mol. The number of alkyl halides is 4. The highest BCUT2D eigenvalue weighted by molar-refractivity contribution is 7.81. The first-order valence-corrected chi connectivity index (χ1v) is 13.4. The number of halogens is 6. The van der Waals surface area contributed by atoms with E-state index in [9.17, 15) is 30.6 Å². The molecule has 192 valence electrons. The van der Waals surface area contributed by atoms with E-state index in [1.807, 2.05) is 0 Å². The van der Waals surface area contributed by atoms with Crippen molar-refractivity contribution in [2.24, 2.45) is 11.1 Å². The summed E-state index contributed by atoms with van der Waals surface area (Å²) in [6.07, 6.45) is -2.54. The van der Waals surface area contributed by atoms with Gasteiger partial charge in [-0.05, 0) is 60.1 Å². The zero-order valence-electron chi connectivity index (χ0n) is 19.7. The van der Waals surface area contributed by atoms with E-state index < -0.39 is 48.5 Å². The minimum absolute atomic E-state index is 0.137. The van der Waals surface area contributed by atoms with Gasteiger partial charge in [-0.1, -0.05) is 63.2 Å². The molecule has 0 aliphatic carbocycles. The molecule has 35 heavy (non-hydrogen) atoms. The number of benzene rings is 3. The van der Waals surface area contributed by atoms with Crippen LogP contribution in [0.2, 0.25) is 0 Å². The molecule has 0 amide bonds. The Kier molecular flexibility index (Phi) is 12.6. The maximum absolute atomic E-state index is 14.0. The van der Waals surface area contributed by atoms with Gasteiger partial charge in [0.05, 0.1) is 11.0 Å². The molecule has 0 aliphatic heterocycles. The summed E-state index contributed by atoms with van der Waals surface area (Å²) in [4.78, 5) is 0. The van der Waals surface area contributed by atoms with Crippen molar-refractivity contribution >= 4 is 34.8 Å². The van der Waals surface area contributed by atoms with Crippen molar-refractivity contribution in [3.63, 3.8) is 0 Å². The van der Waals surface area contributed by atoms with Crippen LogP contribution in [0.15, 0.2) is 72.8 Å². The molecule has 0 saturated carbocycles. The lowest BCUT2D eigenvalue weighted by atomic mass is 10.1. The lowest BCUT2D eigenvalue weighted by Gasteiger charge is -2.22. The highest BCUT2D eigenvalue weighted by Gasteiger charge is 2.43. The third-order valence-corrected chi connectivity index (χ3v) is 6.30. The molecule has 0 spiro atoms. The normalized spacial score (nSPS) is 12.8. The van der Waals surface area contributed by atoms with Gasteiger partial charge in [-0.15, -0.1) is 0 Å². The smallest absolute Gasteiger partial charge is 0.252 e. The van der Waals surface area contributed by atoms with E-state index in [0.29, 0.717) is 16.7 Å². The van der Waals surface area contributed by atoms with Gasteiger partial charge < -0.3 is 0 Å². The summed E-state index contributed by atoms with van der Waals surface area (Å²) in [7, 11) is -2.65. The van der Waals surface area contributed by atoms with E-state index in [-0.39, 0.29) is 5.30 Å². The van der Waals surface area contributed by atoms with Crippen LogP contribution >= 0.6 is 7.92 Å². The van der Waals surface area contributed by atoms with Gasteiger partial charge in [-0.25, -0.2) is 21.8 Å². The first-order valence-electron chi connectivity index (χ1n) is 10.4. The second kappa shape index (κ2) is 14.4. The Hall–Kier alpha value is -2.22. The van der Waals surface area contributed by atoms with Gasteiger partial charge in [0.25, 0.3) is 0 Å². The van der Waals surface area contributed by atoms with E-state index in [1.165, 1.54) is 30.5 Å². The maximum Gasteiger partial charge on any atom is 0.332 e. The molecule has 0 saturated heterocycles. The van der Waals surface area contributed by atoms with Gasteiger partial charge in [0, 0.05) is 11.8 Å². The van der Waals surface area contributed by atoms with Crippen molar-refractivity contribution in [1.29, 1.82) is 0 Å². The zero-order chi connectivity index (χ0) is 26.8. The van der Waals surface area contributed by atoms with Gasteiger partial charge in [0.2, 0.25) is 0 Å². The molecule has 0 aromatic heterocycles. The molecular weight excluding hydrogens is 507 g/mol. The molecule has 0 bridgehead atoms. The van der Waals surface area contributed by atoms with Gasteiger partial charge >= 0.3 is 12.3 Å².